The van der Waals surface area contributed by atoms with Gasteiger partial charge in [-0.05, 0) is 132 Å². The van der Waals surface area contributed by atoms with Crippen molar-refractivity contribution in [2.45, 2.75) is 37.0 Å². The van der Waals surface area contributed by atoms with Crippen LogP contribution in [0.2, 0.25) is 0 Å². The van der Waals surface area contributed by atoms with E-state index in [1.807, 2.05) is 6.07 Å². The SMILES string of the molecule is c1ccc(-c2ccc(-c3ccc(C(c4ccc(-c5ccc(-c6ccccc6)cc5)cc4)c4ccc5c(c4)C4(CCCC4)c4cc(-c6ccc7oc8ccccc8c7c6)ccc4-5)cc3)cc2)cc1. The van der Waals surface area contributed by atoms with Gasteiger partial charge in [0, 0.05) is 22.1 Å². The average molecular weight is 857 g/mol. The second kappa shape index (κ2) is 16.2. The van der Waals surface area contributed by atoms with Gasteiger partial charge < -0.3 is 4.42 Å². The van der Waals surface area contributed by atoms with Crippen LogP contribution in [0.3, 0.4) is 0 Å². The van der Waals surface area contributed by atoms with Gasteiger partial charge in [0.15, 0.2) is 0 Å². The van der Waals surface area contributed by atoms with E-state index < -0.39 is 0 Å². The summed E-state index contributed by atoms with van der Waals surface area (Å²) in [5, 5.41) is 2.34. The molecule has 0 radical (unpaired) electrons. The highest BCUT2D eigenvalue weighted by molar-refractivity contribution is 6.06. The lowest BCUT2D eigenvalue weighted by Crippen LogP contribution is -2.21. The smallest absolute Gasteiger partial charge is 0.135 e. The van der Waals surface area contributed by atoms with Gasteiger partial charge in [0.2, 0.25) is 0 Å². The third kappa shape index (κ3) is 6.85. The lowest BCUT2D eigenvalue weighted by molar-refractivity contribution is 0.549. The zero-order valence-electron chi connectivity index (χ0n) is 37.3. The maximum Gasteiger partial charge on any atom is 0.135 e. The molecule has 1 saturated carbocycles. The van der Waals surface area contributed by atoms with E-state index >= 15 is 0 Å². The standard InChI is InChI=1S/C66H48O/c1-3-11-44(12-4-1)46-17-21-48(22-18-46)50-25-29-52(30-26-50)65(53-31-27-51(28-32-53)49-23-19-47(20-24-49)45-13-5-2-6-14-45)56-34-37-58-57-36-33-55(42-61(57)66(62(58)43-56)39-9-10-40-66)54-35-38-64-60(41-54)59-15-7-8-16-63(59)67-64/h1-8,11-38,41-43,65H,9-10,39-40H2. The summed E-state index contributed by atoms with van der Waals surface area (Å²) in [4.78, 5) is 0. The molecular formula is C66H48O. The molecule has 1 fully saturated rings. The Morgan fingerprint density at radius 1 is 0.299 bits per heavy atom. The lowest BCUT2D eigenvalue weighted by atomic mass is 9.74. The summed E-state index contributed by atoms with van der Waals surface area (Å²) < 4.78 is 6.22. The topological polar surface area (TPSA) is 13.1 Å². The Labute approximate surface area is 392 Å². The molecule has 1 aromatic heterocycles. The molecule has 0 unspecified atom stereocenters. The molecule has 318 valence electrons. The van der Waals surface area contributed by atoms with Gasteiger partial charge in [-0.2, -0.15) is 0 Å². The van der Waals surface area contributed by atoms with E-state index in [1.165, 1.54) is 131 Å². The maximum atomic E-state index is 6.22. The van der Waals surface area contributed by atoms with E-state index in [0.29, 0.717) is 0 Å². The summed E-state index contributed by atoms with van der Waals surface area (Å²) in [7, 11) is 0. The van der Waals surface area contributed by atoms with E-state index in [-0.39, 0.29) is 11.3 Å². The van der Waals surface area contributed by atoms with Crippen molar-refractivity contribution >= 4 is 21.9 Å². The summed E-state index contributed by atoms with van der Waals surface area (Å²) in [6.45, 7) is 0. The maximum absolute atomic E-state index is 6.22. The predicted molar refractivity (Wildman–Crippen MR) is 279 cm³/mol. The molecule has 2 aliphatic carbocycles. The molecule has 1 nitrogen and oxygen atoms in total. The van der Waals surface area contributed by atoms with Crippen molar-refractivity contribution in [2.75, 3.05) is 0 Å². The number of para-hydroxylation sites is 1. The van der Waals surface area contributed by atoms with Crippen LogP contribution in [0.1, 0.15) is 59.4 Å². The molecule has 0 aliphatic heterocycles. The van der Waals surface area contributed by atoms with E-state index in [4.69, 9.17) is 4.42 Å². The normalized spacial score (nSPS) is 13.7. The van der Waals surface area contributed by atoms with Crippen molar-refractivity contribution < 1.29 is 4.42 Å². The average Bonchev–Trinajstić information content (AvgIpc) is 4.12. The predicted octanol–water partition coefficient (Wildman–Crippen LogP) is 17.9. The molecular weight excluding hydrogens is 809 g/mol. The highest BCUT2D eigenvalue weighted by Gasteiger charge is 2.45. The molecule has 1 heterocycles. The van der Waals surface area contributed by atoms with Crippen molar-refractivity contribution in [3.05, 3.63) is 264 Å². The van der Waals surface area contributed by atoms with Gasteiger partial charge in [-0.3, -0.25) is 0 Å². The summed E-state index contributed by atoms with van der Waals surface area (Å²) >= 11 is 0. The van der Waals surface area contributed by atoms with Gasteiger partial charge in [-0.25, -0.2) is 0 Å². The molecule has 0 atom stereocenters. The number of hydrogen-bond donors (Lipinski definition) is 0. The fourth-order valence-electron chi connectivity index (χ4n) is 11.6. The van der Waals surface area contributed by atoms with E-state index in [0.717, 1.165) is 11.2 Å². The monoisotopic (exact) mass is 856 g/mol. The van der Waals surface area contributed by atoms with Crippen LogP contribution in [0.4, 0.5) is 0 Å². The van der Waals surface area contributed by atoms with E-state index in [2.05, 4.69) is 231 Å². The molecule has 0 N–H and O–H groups in total. The molecule has 0 saturated heterocycles. The van der Waals surface area contributed by atoms with Crippen LogP contribution in [-0.4, -0.2) is 0 Å². The first kappa shape index (κ1) is 39.4. The summed E-state index contributed by atoms with van der Waals surface area (Å²) in [5.41, 5.74) is 23.9. The largest absolute Gasteiger partial charge is 0.456 e. The molecule has 10 aromatic carbocycles. The second-order valence-electron chi connectivity index (χ2n) is 18.7. The van der Waals surface area contributed by atoms with Crippen molar-refractivity contribution in [1.82, 2.24) is 0 Å². The lowest BCUT2D eigenvalue weighted by Gasteiger charge is -2.28. The first-order valence-electron chi connectivity index (χ1n) is 23.9. The second-order valence-corrected chi connectivity index (χ2v) is 18.7. The third-order valence-electron chi connectivity index (χ3n) is 15.0. The third-order valence-corrected chi connectivity index (χ3v) is 15.0. The fourth-order valence-corrected chi connectivity index (χ4v) is 11.6. The molecule has 1 spiro atoms. The molecule has 0 amide bonds. The fraction of sp³-hybridized carbons (Fsp3) is 0.0909. The van der Waals surface area contributed by atoms with E-state index in [9.17, 15) is 0 Å². The van der Waals surface area contributed by atoms with Crippen molar-refractivity contribution in [2.24, 2.45) is 0 Å². The van der Waals surface area contributed by atoms with Gasteiger partial charge in [0.1, 0.15) is 11.2 Å². The number of hydrogen-bond acceptors (Lipinski definition) is 1. The van der Waals surface area contributed by atoms with Gasteiger partial charge in [-0.15, -0.1) is 0 Å². The van der Waals surface area contributed by atoms with Crippen LogP contribution in [0.15, 0.2) is 241 Å². The number of rotatable bonds is 8. The van der Waals surface area contributed by atoms with Crippen LogP contribution >= 0.6 is 0 Å². The molecule has 13 rings (SSSR count). The van der Waals surface area contributed by atoms with Crippen LogP contribution in [0, 0.1) is 0 Å². The number of furan rings is 1. The highest BCUT2D eigenvalue weighted by atomic mass is 16.3. The minimum Gasteiger partial charge on any atom is -0.456 e. The van der Waals surface area contributed by atoms with Crippen LogP contribution in [0.5, 0.6) is 0 Å². The Morgan fingerprint density at radius 3 is 1.24 bits per heavy atom. The molecule has 1 heteroatoms. The Kier molecular flexibility index (Phi) is 9.49. The summed E-state index contributed by atoms with van der Waals surface area (Å²) in [6.07, 6.45) is 4.83. The van der Waals surface area contributed by atoms with E-state index in [1.54, 1.807) is 0 Å². The van der Waals surface area contributed by atoms with Crippen molar-refractivity contribution in [3.8, 4) is 66.8 Å². The Bertz CT molecular complexity index is 3450. The van der Waals surface area contributed by atoms with Crippen molar-refractivity contribution in [3.63, 3.8) is 0 Å². The Morgan fingerprint density at radius 2 is 0.687 bits per heavy atom. The molecule has 11 aromatic rings. The number of benzene rings is 10. The van der Waals surface area contributed by atoms with Gasteiger partial charge >= 0.3 is 0 Å². The summed E-state index contributed by atoms with van der Waals surface area (Å²) in [6, 6.07) is 87.7. The number of fused-ring (bicyclic) bond motifs is 8. The van der Waals surface area contributed by atoms with Gasteiger partial charge in [0.05, 0.1) is 0 Å². The molecule has 0 bridgehead atoms. The van der Waals surface area contributed by atoms with Crippen molar-refractivity contribution in [1.29, 1.82) is 0 Å². The quantitative estimate of drug-likeness (QED) is 0.139. The van der Waals surface area contributed by atoms with Crippen LogP contribution in [0.25, 0.3) is 88.7 Å². The molecule has 67 heavy (non-hydrogen) atoms. The zero-order valence-corrected chi connectivity index (χ0v) is 37.3. The van der Waals surface area contributed by atoms with Gasteiger partial charge in [-0.1, -0.05) is 225 Å². The molecule has 2 aliphatic rings. The first-order chi connectivity index (χ1) is 33.1. The summed E-state index contributed by atoms with van der Waals surface area (Å²) in [5.74, 6) is 0.0588. The first-order valence-corrected chi connectivity index (χ1v) is 23.9. The minimum absolute atomic E-state index is 0.000779. The van der Waals surface area contributed by atoms with Crippen LogP contribution < -0.4 is 0 Å². The van der Waals surface area contributed by atoms with Gasteiger partial charge in [0.25, 0.3) is 0 Å². The Hall–Kier alpha value is -8.00. The zero-order chi connectivity index (χ0) is 44.3. The highest BCUT2D eigenvalue weighted by Crippen LogP contribution is 2.58. The van der Waals surface area contributed by atoms with Crippen LogP contribution in [-0.2, 0) is 5.41 Å². The minimum atomic E-state index is -0.000779. The Balaban J connectivity index is 0.877.